The van der Waals surface area contributed by atoms with Gasteiger partial charge in [0.25, 0.3) is 0 Å². The Morgan fingerprint density at radius 1 is 0.962 bits per heavy atom. The second-order valence-corrected chi connectivity index (χ2v) is 7.42. The third-order valence-corrected chi connectivity index (χ3v) is 3.91. The van der Waals surface area contributed by atoms with Crippen LogP contribution in [0.15, 0.2) is 66.7 Å². The standard InChI is InChI=1S/C21H25N3OS/c1-21(2,3)19(24-20(26)22-17-12-8-5-9-13-17)23-18(25)15-14-16-10-6-4-7-11-16/h4-15,19H,1-3H3,(H,23,25)(H2,22,24,26). The van der Waals surface area contributed by atoms with E-state index >= 15 is 0 Å². The molecule has 0 saturated carbocycles. The van der Waals surface area contributed by atoms with E-state index in [9.17, 15) is 4.79 Å². The van der Waals surface area contributed by atoms with E-state index in [2.05, 4.69) is 16.0 Å². The molecule has 26 heavy (non-hydrogen) atoms. The molecule has 2 aromatic rings. The van der Waals surface area contributed by atoms with Crippen molar-refractivity contribution in [2.24, 2.45) is 5.41 Å². The monoisotopic (exact) mass is 367 g/mol. The Bertz CT molecular complexity index is 752. The van der Waals surface area contributed by atoms with Crippen molar-refractivity contribution in [1.82, 2.24) is 10.6 Å². The second kappa shape index (κ2) is 9.15. The summed E-state index contributed by atoms with van der Waals surface area (Å²) < 4.78 is 0. The van der Waals surface area contributed by atoms with Gasteiger partial charge >= 0.3 is 0 Å². The molecule has 4 nitrogen and oxygen atoms in total. The average molecular weight is 368 g/mol. The molecular formula is C21H25N3OS. The van der Waals surface area contributed by atoms with Gasteiger partial charge in [0.2, 0.25) is 5.91 Å². The number of carbonyl (C=O) groups is 1. The average Bonchev–Trinajstić information content (AvgIpc) is 2.60. The van der Waals surface area contributed by atoms with Gasteiger partial charge in [-0.3, -0.25) is 4.79 Å². The molecule has 0 aliphatic rings. The van der Waals surface area contributed by atoms with E-state index in [-0.39, 0.29) is 17.5 Å². The van der Waals surface area contributed by atoms with Crippen molar-refractivity contribution in [2.45, 2.75) is 26.9 Å². The number of nitrogens with one attached hydrogen (secondary N) is 3. The third kappa shape index (κ3) is 6.69. The zero-order chi connectivity index (χ0) is 19.0. The highest BCUT2D eigenvalue weighted by Crippen LogP contribution is 2.18. The first kappa shape index (κ1) is 19.7. The SMILES string of the molecule is CC(C)(C)C(NC(=O)C=Cc1ccccc1)NC(=S)Nc1ccccc1. The van der Waals surface area contributed by atoms with Crippen molar-refractivity contribution in [1.29, 1.82) is 0 Å². The molecular weight excluding hydrogens is 342 g/mol. The van der Waals surface area contributed by atoms with Gasteiger partial charge in [0.05, 0.1) is 0 Å². The van der Waals surface area contributed by atoms with E-state index in [0.29, 0.717) is 5.11 Å². The van der Waals surface area contributed by atoms with Crippen molar-refractivity contribution in [3.8, 4) is 0 Å². The molecule has 2 rings (SSSR count). The molecule has 0 saturated heterocycles. The van der Waals surface area contributed by atoms with E-state index < -0.39 is 0 Å². The van der Waals surface area contributed by atoms with Gasteiger partial charge in [0.15, 0.2) is 5.11 Å². The minimum absolute atomic E-state index is 0.177. The predicted molar refractivity (Wildman–Crippen MR) is 113 cm³/mol. The summed E-state index contributed by atoms with van der Waals surface area (Å²) in [6, 6.07) is 19.4. The van der Waals surface area contributed by atoms with E-state index in [1.54, 1.807) is 6.08 Å². The van der Waals surface area contributed by atoms with Gasteiger partial charge in [-0.05, 0) is 36.0 Å². The Hall–Kier alpha value is -2.66. The maximum absolute atomic E-state index is 12.3. The lowest BCUT2D eigenvalue weighted by atomic mass is 9.92. The van der Waals surface area contributed by atoms with Crippen LogP contribution in [0.3, 0.4) is 0 Å². The van der Waals surface area contributed by atoms with Gasteiger partial charge < -0.3 is 16.0 Å². The molecule has 1 atom stereocenters. The first-order chi connectivity index (χ1) is 12.3. The number of carbonyl (C=O) groups excluding carboxylic acids is 1. The molecule has 0 bridgehead atoms. The second-order valence-electron chi connectivity index (χ2n) is 7.02. The number of rotatable bonds is 5. The Kier molecular flexibility index (Phi) is 6.92. The summed E-state index contributed by atoms with van der Waals surface area (Å²) in [5, 5.41) is 9.76. The molecule has 5 heteroatoms. The fourth-order valence-corrected chi connectivity index (χ4v) is 2.45. The molecule has 0 fully saturated rings. The van der Waals surface area contributed by atoms with Crippen LogP contribution in [0.4, 0.5) is 5.69 Å². The van der Waals surface area contributed by atoms with Crippen molar-refractivity contribution < 1.29 is 4.79 Å². The van der Waals surface area contributed by atoms with E-state index in [4.69, 9.17) is 12.2 Å². The number of thiocarbonyl (C=S) groups is 1. The largest absolute Gasteiger partial charge is 0.342 e. The zero-order valence-corrected chi connectivity index (χ0v) is 16.1. The minimum Gasteiger partial charge on any atom is -0.342 e. The first-order valence-corrected chi connectivity index (χ1v) is 8.91. The van der Waals surface area contributed by atoms with Gasteiger partial charge in [-0.15, -0.1) is 0 Å². The van der Waals surface area contributed by atoms with E-state index in [0.717, 1.165) is 11.3 Å². The molecule has 0 radical (unpaired) electrons. The summed E-state index contributed by atoms with van der Waals surface area (Å²) in [6.45, 7) is 6.12. The number of para-hydroxylation sites is 1. The number of benzene rings is 2. The first-order valence-electron chi connectivity index (χ1n) is 8.51. The Morgan fingerprint density at radius 2 is 1.54 bits per heavy atom. The van der Waals surface area contributed by atoms with Crippen LogP contribution in [-0.2, 0) is 4.79 Å². The van der Waals surface area contributed by atoms with Gasteiger partial charge in [-0.25, -0.2) is 0 Å². The fraction of sp³-hybridized carbons (Fsp3) is 0.238. The van der Waals surface area contributed by atoms with Gasteiger partial charge in [0, 0.05) is 17.2 Å². The molecule has 136 valence electrons. The van der Waals surface area contributed by atoms with Crippen molar-refractivity contribution in [2.75, 3.05) is 5.32 Å². The van der Waals surface area contributed by atoms with E-state index in [1.165, 1.54) is 6.08 Å². The summed E-state index contributed by atoms with van der Waals surface area (Å²) in [7, 11) is 0. The normalized spacial score (nSPS) is 12.4. The van der Waals surface area contributed by atoms with Crippen LogP contribution >= 0.6 is 12.2 Å². The third-order valence-electron chi connectivity index (χ3n) is 3.69. The molecule has 2 aromatic carbocycles. The fourth-order valence-electron chi connectivity index (χ4n) is 2.22. The number of amides is 1. The Labute approximate surface area is 160 Å². The van der Waals surface area contributed by atoms with Gasteiger partial charge in [-0.2, -0.15) is 0 Å². The van der Waals surface area contributed by atoms with Crippen LogP contribution in [0.5, 0.6) is 0 Å². The van der Waals surface area contributed by atoms with Crippen molar-refractivity contribution in [3.63, 3.8) is 0 Å². The molecule has 0 spiro atoms. The maximum Gasteiger partial charge on any atom is 0.245 e. The number of anilines is 1. The Morgan fingerprint density at radius 3 is 2.12 bits per heavy atom. The van der Waals surface area contributed by atoms with Crippen LogP contribution in [0.2, 0.25) is 0 Å². The maximum atomic E-state index is 12.3. The summed E-state index contributed by atoms with van der Waals surface area (Å²) in [5.41, 5.74) is 1.65. The number of hydrogen-bond acceptors (Lipinski definition) is 2. The zero-order valence-electron chi connectivity index (χ0n) is 15.3. The quantitative estimate of drug-likeness (QED) is 0.422. The van der Waals surface area contributed by atoms with Crippen LogP contribution in [0, 0.1) is 5.41 Å². The summed E-state index contributed by atoms with van der Waals surface area (Å²) in [5.74, 6) is -0.177. The molecule has 1 amide bonds. The lowest BCUT2D eigenvalue weighted by Gasteiger charge is -2.32. The number of hydrogen-bond donors (Lipinski definition) is 3. The molecule has 0 aliphatic carbocycles. The van der Waals surface area contributed by atoms with Crippen LogP contribution in [0.1, 0.15) is 26.3 Å². The lowest BCUT2D eigenvalue weighted by molar-refractivity contribution is -0.118. The molecule has 3 N–H and O–H groups in total. The molecule has 0 heterocycles. The topological polar surface area (TPSA) is 53.2 Å². The Balaban J connectivity index is 1.97. The van der Waals surface area contributed by atoms with E-state index in [1.807, 2.05) is 81.4 Å². The van der Waals surface area contributed by atoms with Crippen LogP contribution < -0.4 is 16.0 Å². The smallest absolute Gasteiger partial charge is 0.245 e. The summed E-state index contributed by atoms with van der Waals surface area (Å²) >= 11 is 5.38. The predicted octanol–water partition coefficient (Wildman–Crippen LogP) is 4.17. The highest BCUT2D eigenvalue weighted by Gasteiger charge is 2.26. The summed E-state index contributed by atoms with van der Waals surface area (Å²) in [6.07, 6.45) is 3.00. The van der Waals surface area contributed by atoms with Crippen molar-refractivity contribution in [3.05, 3.63) is 72.3 Å². The minimum atomic E-state index is -0.320. The highest BCUT2D eigenvalue weighted by molar-refractivity contribution is 7.80. The highest BCUT2D eigenvalue weighted by atomic mass is 32.1. The van der Waals surface area contributed by atoms with Gasteiger partial charge in [-0.1, -0.05) is 69.3 Å². The van der Waals surface area contributed by atoms with Crippen LogP contribution in [0.25, 0.3) is 6.08 Å². The molecule has 0 aromatic heterocycles. The lowest BCUT2D eigenvalue weighted by Crippen LogP contribution is -2.55. The molecule has 1 unspecified atom stereocenters. The van der Waals surface area contributed by atoms with Crippen molar-refractivity contribution >= 4 is 35.0 Å². The van der Waals surface area contributed by atoms with Crippen LogP contribution in [-0.4, -0.2) is 17.2 Å². The van der Waals surface area contributed by atoms with Gasteiger partial charge in [0.1, 0.15) is 6.17 Å². The molecule has 0 aliphatic heterocycles. The summed E-state index contributed by atoms with van der Waals surface area (Å²) in [4.78, 5) is 12.3.